The van der Waals surface area contributed by atoms with Crippen molar-refractivity contribution in [3.8, 4) is 0 Å². The summed E-state index contributed by atoms with van der Waals surface area (Å²) in [4.78, 5) is 11.0. The lowest BCUT2D eigenvalue weighted by Gasteiger charge is -2.31. The average Bonchev–Trinajstić information content (AvgIpc) is 2.11. The van der Waals surface area contributed by atoms with Crippen molar-refractivity contribution in [2.75, 3.05) is 0 Å². The third-order valence-electron chi connectivity index (χ3n) is 2.79. The SMILES string of the molecule is C=CC[C@@]1(CCC)C=CC(=O)CC1. The van der Waals surface area contributed by atoms with E-state index in [9.17, 15) is 4.79 Å². The van der Waals surface area contributed by atoms with Gasteiger partial charge in [-0.3, -0.25) is 4.79 Å². The molecule has 0 aliphatic heterocycles. The van der Waals surface area contributed by atoms with Crippen LogP contribution in [0.4, 0.5) is 0 Å². The molecule has 0 N–H and O–H groups in total. The van der Waals surface area contributed by atoms with Crippen molar-refractivity contribution in [2.45, 2.75) is 39.0 Å². The highest BCUT2D eigenvalue weighted by atomic mass is 16.1. The molecule has 0 aromatic carbocycles. The van der Waals surface area contributed by atoms with Crippen LogP contribution >= 0.6 is 0 Å². The smallest absolute Gasteiger partial charge is 0.155 e. The summed E-state index contributed by atoms with van der Waals surface area (Å²) in [5.74, 6) is 0.274. The van der Waals surface area contributed by atoms with Gasteiger partial charge in [0.15, 0.2) is 5.78 Å². The van der Waals surface area contributed by atoms with Gasteiger partial charge in [-0.1, -0.05) is 25.5 Å². The molecule has 0 aromatic heterocycles. The summed E-state index contributed by atoms with van der Waals surface area (Å²) in [6.07, 6.45) is 10.9. The van der Waals surface area contributed by atoms with Gasteiger partial charge in [0.1, 0.15) is 0 Å². The molecule has 1 heteroatoms. The van der Waals surface area contributed by atoms with E-state index >= 15 is 0 Å². The van der Waals surface area contributed by atoms with Crippen molar-refractivity contribution in [1.29, 1.82) is 0 Å². The average molecular weight is 178 g/mol. The minimum Gasteiger partial charge on any atom is -0.295 e. The molecule has 0 amide bonds. The number of ketones is 1. The van der Waals surface area contributed by atoms with Gasteiger partial charge < -0.3 is 0 Å². The van der Waals surface area contributed by atoms with Gasteiger partial charge in [0.25, 0.3) is 0 Å². The molecule has 1 rings (SSSR count). The summed E-state index contributed by atoms with van der Waals surface area (Å²) in [6.45, 7) is 5.97. The Morgan fingerprint density at radius 2 is 2.46 bits per heavy atom. The van der Waals surface area contributed by atoms with Crippen LogP contribution < -0.4 is 0 Å². The summed E-state index contributed by atoms with van der Waals surface area (Å²) in [7, 11) is 0. The minimum absolute atomic E-state index is 0.240. The Labute approximate surface area is 80.5 Å². The molecule has 0 bridgehead atoms. The summed E-state index contributed by atoms with van der Waals surface area (Å²) >= 11 is 0. The van der Waals surface area contributed by atoms with Crippen LogP contribution in [-0.2, 0) is 4.79 Å². The van der Waals surface area contributed by atoms with Crippen molar-refractivity contribution in [3.63, 3.8) is 0 Å². The van der Waals surface area contributed by atoms with Crippen LogP contribution in [0.15, 0.2) is 24.8 Å². The Morgan fingerprint density at radius 3 is 2.92 bits per heavy atom. The molecule has 1 aliphatic rings. The van der Waals surface area contributed by atoms with Crippen molar-refractivity contribution in [3.05, 3.63) is 24.8 Å². The van der Waals surface area contributed by atoms with E-state index in [1.54, 1.807) is 6.08 Å². The van der Waals surface area contributed by atoms with E-state index in [1.165, 1.54) is 12.8 Å². The van der Waals surface area contributed by atoms with E-state index in [2.05, 4.69) is 19.6 Å². The first kappa shape index (κ1) is 10.2. The van der Waals surface area contributed by atoms with Gasteiger partial charge in [-0.05, 0) is 30.8 Å². The van der Waals surface area contributed by atoms with Gasteiger partial charge in [0.2, 0.25) is 0 Å². The molecule has 0 aromatic rings. The zero-order chi connectivity index (χ0) is 9.73. The topological polar surface area (TPSA) is 17.1 Å². The van der Waals surface area contributed by atoms with Crippen LogP contribution in [0.5, 0.6) is 0 Å². The second kappa shape index (κ2) is 4.40. The zero-order valence-corrected chi connectivity index (χ0v) is 8.38. The molecule has 13 heavy (non-hydrogen) atoms. The van der Waals surface area contributed by atoms with Crippen LogP contribution in [0.25, 0.3) is 0 Å². The molecule has 0 spiro atoms. The summed E-state index contributed by atoms with van der Waals surface area (Å²) in [6, 6.07) is 0. The fraction of sp³-hybridized carbons (Fsp3) is 0.583. The van der Waals surface area contributed by atoms with Gasteiger partial charge in [0, 0.05) is 6.42 Å². The predicted octanol–water partition coefficient (Wildman–Crippen LogP) is 3.27. The normalized spacial score (nSPS) is 27.6. The van der Waals surface area contributed by atoms with Crippen LogP contribution in [0.2, 0.25) is 0 Å². The summed E-state index contributed by atoms with van der Waals surface area (Å²) in [5, 5.41) is 0. The molecule has 0 radical (unpaired) electrons. The molecule has 0 heterocycles. The van der Waals surface area contributed by atoms with E-state index in [1.807, 2.05) is 6.08 Å². The largest absolute Gasteiger partial charge is 0.295 e. The molecule has 1 nitrogen and oxygen atoms in total. The van der Waals surface area contributed by atoms with E-state index in [0.29, 0.717) is 6.42 Å². The van der Waals surface area contributed by atoms with Crippen molar-refractivity contribution in [2.24, 2.45) is 5.41 Å². The zero-order valence-electron chi connectivity index (χ0n) is 8.38. The number of hydrogen-bond donors (Lipinski definition) is 0. The Bertz CT molecular complexity index is 227. The number of hydrogen-bond acceptors (Lipinski definition) is 1. The lowest BCUT2D eigenvalue weighted by Crippen LogP contribution is -2.22. The maximum absolute atomic E-state index is 11.0. The fourth-order valence-electron chi connectivity index (χ4n) is 2.07. The number of rotatable bonds is 4. The molecule has 72 valence electrons. The van der Waals surface area contributed by atoms with E-state index in [-0.39, 0.29) is 11.2 Å². The van der Waals surface area contributed by atoms with Gasteiger partial charge in [-0.2, -0.15) is 0 Å². The molecule has 1 atom stereocenters. The first-order valence-electron chi connectivity index (χ1n) is 5.05. The third kappa shape index (κ3) is 2.55. The molecule has 0 saturated carbocycles. The molecule has 1 aliphatic carbocycles. The van der Waals surface area contributed by atoms with E-state index < -0.39 is 0 Å². The quantitative estimate of drug-likeness (QED) is 0.604. The first-order valence-corrected chi connectivity index (χ1v) is 5.05. The Balaban J connectivity index is 2.72. The second-order valence-electron chi connectivity index (χ2n) is 3.90. The molecule has 0 saturated heterocycles. The monoisotopic (exact) mass is 178 g/mol. The van der Waals surface area contributed by atoms with E-state index in [0.717, 1.165) is 12.8 Å². The van der Waals surface area contributed by atoms with Gasteiger partial charge in [-0.15, -0.1) is 6.58 Å². The molecular formula is C12H18O. The third-order valence-corrected chi connectivity index (χ3v) is 2.79. The minimum atomic E-state index is 0.240. The predicted molar refractivity (Wildman–Crippen MR) is 55.5 cm³/mol. The van der Waals surface area contributed by atoms with Crippen LogP contribution in [0.3, 0.4) is 0 Å². The lowest BCUT2D eigenvalue weighted by atomic mass is 9.73. The van der Waals surface area contributed by atoms with Crippen molar-refractivity contribution < 1.29 is 4.79 Å². The van der Waals surface area contributed by atoms with Crippen LogP contribution in [-0.4, -0.2) is 5.78 Å². The van der Waals surface area contributed by atoms with Crippen LogP contribution in [0, 0.1) is 5.41 Å². The number of carbonyl (C=O) groups excluding carboxylic acids is 1. The first-order chi connectivity index (χ1) is 6.22. The summed E-state index contributed by atoms with van der Waals surface area (Å²) < 4.78 is 0. The van der Waals surface area contributed by atoms with Gasteiger partial charge in [-0.25, -0.2) is 0 Å². The number of allylic oxidation sites excluding steroid dienone is 3. The summed E-state index contributed by atoms with van der Waals surface area (Å²) in [5.41, 5.74) is 0.240. The highest BCUT2D eigenvalue weighted by molar-refractivity contribution is 5.90. The highest BCUT2D eigenvalue weighted by Gasteiger charge is 2.28. The molecule has 0 fully saturated rings. The standard InChI is InChI=1S/C12H18O/c1-3-7-12(8-4-2)9-5-11(13)6-10-12/h3,5,9H,1,4,6-8,10H2,2H3/t12-/m1/s1. The van der Waals surface area contributed by atoms with Gasteiger partial charge in [0.05, 0.1) is 0 Å². The Hall–Kier alpha value is -0.850. The van der Waals surface area contributed by atoms with E-state index in [4.69, 9.17) is 0 Å². The molecule has 0 unspecified atom stereocenters. The molecular weight excluding hydrogens is 160 g/mol. The Kier molecular flexibility index (Phi) is 3.47. The maximum Gasteiger partial charge on any atom is 0.155 e. The van der Waals surface area contributed by atoms with Crippen molar-refractivity contribution in [1.82, 2.24) is 0 Å². The van der Waals surface area contributed by atoms with Gasteiger partial charge >= 0.3 is 0 Å². The fourth-order valence-corrected chi connectivity index (χ4v) is 2.07. The van der Waals surface area contributed by atoms with Crippen LogP contribution in [0.1, 0.15) is 39.0 Å². The maximum atomic E-state index is 11.0. The lowest BCUT2D eigenvalue weighted by molar-refractivity contribution is -0.115. The Morgan fingerprint density at radius 1 is 1.69 bits per heavy atom. The number of carbonyl (C=O) groups is 1. The highest BCUT2D eigenvalue weighted by Crippen LogP contribution is 2.38. The second-order valence-corrected chi connectivity index (χ2v) is 3.90. The van der Waals surface area contributed by atoms with Crippen molar-refractivity contribution >= 4 is 5.78 Å².